The molecular formula is C15H32N2O2. The molecule has 4 nitrogen and oxygen atoms in total. The molecule has 0 saturated carbocycles. The Morgan fingerprint density at radius 2 is 1.79 bits per heavy atom. The van der Waals surface area contributed by atoms with Crippen molar-refractivity contribution in [2.75, 3.05) is 20.2 Å². The van der Waals surface area contributed by atoms with Gasteiger partial charge >= 0.3 is 5.97 Å². The second-order valence-corrected chi connectivity index (χ2v) is 6.61. The van der Waals surface area contributed by atoms with Crippen LogP contribution < -0.4 is 5.32 Å². The Hall–Kier alpha value is -0.610. The van der Waals surface area contributed by atoms with E-state index in [0.29, 0.717) is 19.2 Å². The fourth-order valence-electron chi connectivity index (χ4n) is 1.95. The van der Waals surface area contributed by atoms with Crippen molar-refractivity contribution in [3.05, 3.63) is 0 Å². The minimum absolute atomic E-state index is 0.163. The lowest BCUT2D eigenvalue weighted by atomic mass is 9.87. The molecule has 0 saturated heterocycles. The summed E-state index contributed by atoms with van der Waals surface area (Å²) < 4.78 is 5.14. The Kier molecular flexibility index (Phi) is 7.60. The third-order valence-corrected chi connectivity index (χ3v) is 3.49. The molecule has 0 radical (unpaired) electrons. The van der Waals surface area contributed by atoms with E-state index in [1.54, 1.807) is 0 Å². The monoisotopic (exact) mass is 272 g/mol. The number of carbonyl (C=O) groups is 1. The highest BCUT2D eigenvalue weighted by Crippen LogP contribution is 2.23. The fraction of sp³-hybridized carbons (Fsp3) is 0.933. The fourth-order valence-corrected chi connectivity index (χ4v) is 1.95. The standard InChI is InChI=1S/C15H32N2O2/c1-9-19-14(18)13(16-11(2)3)10-17(8)12(4)15(5,6)7/h11-13,16H,9-10H2,1-8H3. The molecule has 19 heavy (non-hydrogen) atoms. The maximum absolute atomic E-state index is 12.0. The van der Waals surface area contributed by atoms with Crippen molar-refractivity contribution in [3.63, 3.8) is 0 Å². The molecule has 0 aliphatic carbocycles. The zero-order chi connectivity index (χ0) is 15.2. The van der Waals surface area contributed by atoms with Gasteiger partial charge in [0.05, 0.1) is 6.61 Å². The summed E-state index contributed by atoms with van der Waals surface area (Å²) in [6.07, 6.45) is 0. The number of carbonyl (C=O) groups excluding carboxylic acids is 1. The summed E-state index contributed by atoms with van der Waals surface area (Å²) in [5, 5.41) is 3.29. The SMILES string of the molecule is CCOC(=O)C(CN(C)C(C)C(C)(C)C)NC(C)C. The zero-order valence-corrected chi connectivity index (χ0v) is 13.9. The largest absolute Gasteiger partial charge is 0.465 e. The minimum Gasteiger partial charge on any atom is -0.465 e. The van der Waals surface area contributed by atoms with Crippen LogP contribution in [0, 0.1) is 5.41 Å². The first kappa shape index (κ1) is 18.4. The highest BCUT2D eigenvalue weighted by molar-refractivity contribution is 5.76. The van der Waals surface area contributed by atoms with Crippen LogP contribution in [0.4, 0.5) is 0 Å². The van der Waals surface area contributed by atoms with Crippen molar-refractivity contribution in [3.8, 4) is 0 Å². The molecule has 0 spiro atoms. The molecule has 0 aromatic heterocycles. The van der Waals surface area contributed by atoms with Crippen LogP contribution in [0.2, 0.25) is 0 Å². The third-order valence-electron chi connectivity index (χ3n) is 3.49. The molecule has 0 fully saturated rings. The van der Waals surface area contributed by atoms with Gasteiger partial charge in [-0.15, -0.1) is 0 Å². The maximum Gasteiger partial charge on any atom is 0.324 e. The molecule has 0 aliphatic heterocycles. The second-order valence-electron chi connectivity index (χ2n) is 6.61. The van der Waals surface area contributed by atoms with E-state index < -0.39 is 0 Å². The maximum atomic E-state index is 12.0. The van der Waals surface area contributed by atoms with E-state index >= 15 is 0 Å². The zero-order valence-electron chi connectivity index (χ0n) is 13.9. The van der Waals surface area contributed by atoms with E-state index in [9.17, 15) is 4.79 Å². The Balaban J connectivity index is 4.67. The van der Waals surface area contributed by atoms with Gasteiger partial charge < -0.3 is 15.0 Å². The number of nitrogens with zero attached hydrogens (tertiary/aromatic N) is 1. The molecule has 0 aliphatic rings. The smallest absolute Gasteiger partial charge is 0.324 e. The number of nitrogens with one attached hydrogen (secondary N) is 1. The van der Waals surface area contributed by atoms with Gasteiger partial charge in [-0.3, -0.25) is 4.79 Å². The summed E-state index contributed by atoms with van der Waals surface area (Å²) in [4.78, 5) is 14.2. The quantitative estimate of drug-likeness (QED) is 0.722. The molecular weight excluding hydrogens is 240 g/mol. The van der Waals surface area contributed by atoms with E-state index in [-0.39, 0.29) is 23.5 Å². The third kappa shape index (κ3) is 6.92. The van der Waals surface area contributed by atoms with Gasteiger partial charge in [0.25, 0.3) is 0 Å². The van der Waals surface area contributed by atoms with Crippen LogP contribution in [0.5, 0.6) is 0 Å². The van der Waals surface area contributed by atoms with Crippen molar-refractivity contribution in [2.24, 2.45) is 5.41 Å². The van der Waals surface area contributed by atoms with Gasteiger partial charge in [-0.1, -0.05) is 34.6 Å². The number of rotatable bonds is 7. The van der Waals surface area contributed by atoms with Crippen molar-refractivity contribution in [2.45, 2.75) is 66.6 Å². The van der Waals surface area contributed by atoms with Crippen LogP contribution in [-0.2, 0) is 9.53 Å². The molecule has 1 N–H and O–H groups in total. The lowest BCUT2D eigenvalue weighted by molar-refractivity contribution is -0.146. The van der Waals surface area contributed by atoms with E-state index in [4.69, 9.17) is 4.74 Å². The van der Waals surface area contributed by atoms with Crippen LogP contribution in [0.15, 0.2) is 0 Å². The first-order valence-electron chi connectivity index (χ1n) is 7.22. The molecule has 0 bridgehead atoms. The van der Waals surface area contributed by atoms with Gasteiger partial charge in [0, 0.05) is 18.6 Å². The predicted octanol–water partition coefficient (Wildman–Crippen LogP) is 2.28. The summed E-state index contributed by atoms with van der Waals surface area (Å²) in [5.41, 5.74) is 0.186. The molecule has 0 amide bonds. The second kappa shape index (κ2) is 7.85. The summed E-state index contributed by atoms with van der Waals surface area (Å²) in [6, 6.07) is 0.376. The lowest BCUT2D eigenvalue weighted by Gasteiger charge is -2.37. The predicted molar refractivity (Wildman–Crippen MR) is 80.2 cm³/mol. The van der Waals surface area contributed by atoms with Crippen molar-refractivity contribution in [1.82, 2.24) is 10.2 Å². The average Bonchev–Trinajstić information content (AvgIpc) is 2.25. The molecule has 4 heteroatoms. The number of ether oxygens (including phenoxy) is 1. The van der Waals surface area contributed by atoms with Gasteiger partial charge in [0.2, 0.25) is 0 Å². The Bertz CT molecular complexity index is 272. The van der Waals surface area contributed by atoms with E-state index in [0.717, 1.165) is 0 Å². The Labute approximate surface area is 118 Å². The highest BCUT2D eigenvalue weighted by Gasteiger charge is 2.28. The Morgan fingerprint density at radius 3 is 2.16 bits per heavy atom. The van der Waals surface area contributed by atoms with E-state index in [1.807, 2.05) is 20.8 Å². The number of hydrogen-bond donors (Lipinski definition) is 1. The van der Waals surface area contributed by atoms with Gasteiger partial charge in [0.1, 0.15) is 6.04 Å². The minimum atomic E-state index is -0.269. The van der Waals surface area contributed by atoms with E-state index in [1.165, 1.54) is 0 Å². The van der Waals surface area contributed by atoms with Crippen LogP contribution in [-0.4, -0.2) is 49.2 Å². The van der Waals surface area contributed by atoms with Crippen molar-refractivity contribution >= 4 is 5.97 Å². The van der Waals surface area contributed by atoms with Gasteiger partial charge in [0.15, 0.2) is 0 Å². The van der Waals surface area contributed by atoms with Gasteiger partial charge in [-0.2, -0.15) is 0 Å². The molecule has 0 aromatic rings. The molecule has 0 rings (SSSR count). The summed E-state index contributed by atoms with van der Waals surface area (Å²) in [7, 11) is 2.06. The number of likely N-dealkylation sites (N-methyl/N-ethyl adjacent to an activating group) is 1. The molecule has 0 aromatic carbocycles. The summed E-state index contributed by atoms with van der Waals surface area (Å²) in [6.45, 7) is 15.8. The van der Waals surface area contributed by atoms with Crippen LogP contribution in [0.1, 0.15) is 48.5 Å². The number of hydrogen-bond acceptors (Lipinski definition) is 4. The average molecular weight is 272 g/mol. The summed E-state index contributed by atoms with van der Waals surface area (Å²) in [5.74, 6) is -0.163. The van der Waals surface area contributed by atoms with Gasteiger partial charge in [-0.25, -0.2) is 0 Å². The normalized spacial score (nSPS) is 15.7. The van der Waals surface area contributed by atoms with Crippen LogP contribution in [0.25, 0.3) is 0 Å². The van der Waals surface area contributed by atoms with E-state index in [2.05, 4.69) is 45.0 Å². The molecule has 114 valence electrons. The highest BCUT2D eigenvalue weighted by atomic mass is 16.5. The first-order chi connectivity index (χ1) is 8.59. The number of esters is 1. The topological polar surface area (TPSA) is 41.6 Å². The van der Waals surface area contributed by atoms with Crippen LogP contribution >= 0.6 is 0 Å². The van der Waals surface area contributed by atoms with Crippen molar-refractivity contribution in [1.29, 1.82) is 0 Å². The first-order valence-corrected chi connectivity index (χ1v) is 7.22. The van der Waals surface area contributed by atoms with Crippen molar-refractivity contribution < 1.29 is 9.53 Å². The lowest BCUT2D eigenvalue weighted by Crippen LogP contribution is -2.52. The van der Waals surface area contributed by atoms with Gasteiger partial charge in [-0.05, 0) is 26.3 Å². The molecule has 2 unspecified atom stereocenters. The Morgan fingerprint density at radius 1 is 1.26 bits per heavy atom. The molecule has 2 atom stereocenters. The molecule has 0 heterocycles. The van der Waals surface area contributed by atoms with Crippen LogP contribution in [0.3, 0.4) is 0 Å². The summed E-state index contributed by atoms with van der Waals surface area (Å²) >= 11 is 0.